The normalized spacial score (nSPS) is 14.6. The highest BCUT2D eigenvalue weighted by Gasteiger charge is 2.14. The van der Waals surface area contributed by atoms with Crippen LogP contribution in [-0.4, -0.2) is 32.2 Å². The maximum atomic E-state index is 12.1. The Morgan fingerprint density at radius 3 is 2.57 bits per heavy atom. The average molecular weight is 331 g/mol. The standard InChI is InChI=1S/C18H19ClN2O2/c19-16-13-15(6-7-17(16)21-8-10-23-11-9-21)20-18(22)12-14-4-2-1-3-5-14/h1-7,13H,8-12H2,(H,20,22). The summed E-state index contributed by atoms with van der Waals surface area (Å²) in [4.78, 5) is 14.3. The van der Waals surface area contributed by atoms with Gasteiger partial charge in [-0.2, -0.15) is 0 Å². The molecule has 0 bridgehead atoms. The lowest BCUT2D eigenvalue weighted by Gasteiger charge is -2.29. The average Bonchev–Trinajstić information content (AvgIpc) is 2.56. The first-order chi connectivity index (χ1) is 11.2. The van der Waals surface area contributed by atoms with Crippen molar-refractivity contribution in [2.24, 2.45) is 0 Å². The number of carbonyl (C=O) groups excluding carboxylic acids is 1. The Labute approximate surface area is 141 Å². The van der Waals surface area contributed by atoms with Crippen LogP contribution in [0.5, 0.6) is 0 Å². The van der Waals surface area contributed by atoms with Crippen LogP contribution in [0.1, 0.15) is 5.56 Å². The number of carbonyl (C=O) groups is 1. The van der Waals surface area contributed by atoms with E-state index in [1.54, 1.807) is 6.07 Å². The predicted octanol–water partition coefficient (Wildman–Crippen LogP) is 3.36. The number of amides is 1. The van der Waals surface area contributed by atoms with Gasteiger partial charge in [-0.25, -0.2) is 0 Å². The van der Waals surface area contributed by atoms with Crippen LogP contribution in [0, 0.1) is 0 Å². The van der Waals surface area contributed by atoms with Crippen molar-refractivity contribution in [2.75, 3.05) is 36.5 Å². The molecule has 23 heavy (non-hydrogen) atoms. The Balaban J connectivity index is 1.64. The van der Waals surface area contributed by atoms with E-state index in [9.17, 15) is 4.79 Å². The number of benzene rings is 2. The summed E-state index contributed by atoms with van der Waals surface area (Å²) in [6.07, 6.45) is 0.351. The highest BCUT2D eigenvalue weighted by atomic mass is 35.5. The van der Waals surface area contributed by atoms with E-state index in [-0.39, 0.29) is 5.91 Å². The molecule has 1 aliphatic rings. The summed E-state index contributed by atoms with van der Waals surface area (Å²) in [5, 5.41) is 3.54. The minimum Gasteiger partial charge on any atom is -0.378 e. The zero-order valence-corrected chi connectivity index (χ0v) is 13.6. The van der Waals surface area contributed by atoms with Gasteiger partial charge in [0.1, 0.15) is 0 Å². The van der Waals surface area contributed by atoms with Gasteiger partial charge in [-0.3, -0.25) is 4.79 Å². The van der Waals surface area contributed by atoms with Gasteiger partial charge in [0, 0.05) is 18.8 Å². The lowest BCUT2D eigenvalue weighted by molar-refractivity contribution is -0.115. The number of hydrogen-bond acceptors (Lipinski definition) is 3. The molecule has 1 heterocycles. The van der Waals surface area contributed by atoms with Crippen LogP contribution in [0.3, 0.4) is 0 Å². The molecule has 1 fully saturated rings. The van der Waals surface area contributed by atoms with Crippen LogP contribution in [-0.2, 0) is 16.0 Å². The van der Waals surface area contributed by atoms with E-state index in [2.05, 4.69) is 10.2 Å². The van der Waals surface area contributed by atoms with E-state index in [4.69, 9.17) is 16.3 Å². The van der Waals surface area contributed by atoms with Crippen molar-refractivity contribution in [1.82, 2.24) is 0 Å². The Morgan fingerprint density at radius 2 is 1.87 bits per heavy atom. The summed E-state index contributed by atoms with van der Waals surface area (Å²) in [6.45, 7) is 3.09. The smallest absolute Gasteiger partial charge is 0.228 e. The number of halogens is 1. The van der Waals surface area contributed by atoms with E-state index >= 15 is 0 Å². The first-order valence-corrected chi connectivity index (χ1v) is 8.06. The number of nitrogens with zero attached hydrogens (tertiary/aromatic N) is 1. The molecule has 2 aromatic rings. The molecule has 0 aromatic heterocycles. The van der Waals surface area contributed by atoms with Crippen LogP contribution in [0.15, 0.2) is 48.5 Å². The monoisotopic (exact) mass is 330 g/mol. The highest BCUT2D eigenvalue weighted by molar-refractivity contribution is 6.33. The lowest BCUT2D eigenvalue weighted by Crippen LogP contribution is -2.36. The minimum absolute atomic E-state index is 0.0496. The van der Waals surface area contributed by atoms with E-state index in [0.717, 1.165) is 24.3 Å². The molecule has 4 nitrogen and oxygen atoms in total. The molecule has 2 aromatic carbocycles. The summed E-state index contributed by atoms with van der Waals surface area (Å²) in [6, 6.07) is 15.3. The summed E-state index contributed by atoms with van der Waals surface area (Å²) >= 11 is 6.37. The SMILES string of the molecule is O=C(Cc1ccccc1)Nc1ccc(N2CCOCC2)c(Cl)c1. The molecule has 1 aliphatic heterocycles. The van der Waals surface area contributed by atoms with Crippen molar-refractivity contribution in [3.8, 4) is 0 Å². The Kier molecular flexibility index (Phi) is 5.16. The fourth-order valence-electron chi connectivity index (χ4n) is 2.63. The van der Waals surface area contributed by atoms with Gasteiger partial charge in [-0.15, -0.1) is 0 Å². The van der Waals surface area contributed by atoms with Gasteiger partial charge in [0.05, 0.1) is 30.3 Å². The molecule has 120 valence electrons. The topological polar surface area (TPSA) is 41.6 Å². The van der Waals surface area contributed by atoms with Gasteiger partial charge in [0.2, 0.25) is 5.91 Å². The summed E-state index contributed by atoms with van der Waals surface area (Å²) < 4.78 is 5.35. The molecule has 0 radical (unpaired) electrons. The molecule has 0 unspecified atom stereocenters. The van der Waals surface area contributed by atoms with Crippen molar-refractivity contribution in [3.63, 3.8) is 0 Å². The zero-order valence-electron chi connectivity index (χ0n) is 12.8. The number of ether oxygens (including phenoxy) is 1. The van der Waals surface area contributed by atoms with Crippen LogP contribution >= 0.6 is 11.6 Å². The number of nitrogens with one attached hydrogen (secondary N) is 1. The second-order valence-electron chi connectivity index (χ2n) is 5.48. The molecule has 0 aliphatic carbocycles. The fraction of sp³-hybridized carbons (Fsp3) is 0.278. The number of hydrogen-bond donors (Lipinski definition) is 1. The van der Waals surface area contributed by atoms with E-state index in [0.29, 0.717) is 30.3 Å². The minimum atomic E-state index is -0.0496. The Hall–Kier alpha value is -2.04. The van der Waals surface area contributed by atoms with Crippen LogP contribution in [0.25, 0.3) is 0 Å². The molecule has 5 heteroatoms. The fourth-order valence-corrected chi connectivity index (χ4v) is 2.93. The lowest BCUT2D eigenvalue weighted by atomic mass is 10.1. The molecule has 0 spiro atoms. The number of anilines is 2. The van der Waals surface area contributed by atoms with Crippen molar-refractivity contribution >= 4 is 28.9 Å². The highest BCUT2D eigenvalue weighted by Crippen LogP contribution is 2.29. The Morgan fingerprint density at radius 1 is 1.13 bits per heavy atom. The third-order valence-electron chi connectivity index (χ3n) is 3.79. The van der Waals surface area contributed by atoms with Gasteiger partial charge < -0.3 is 15.0 Å². The van der Waals surface area contributed by atoms with Gasteiger partial charge in [-0.05, 0) is 23.8 Å². The molecule has 0 saturated carbocycles. The van der Waals surface area contributed by atoms with Crippen molar-refractivity contribution < 1.29 is 9.53 Å². The van der Waals surface area contributed by atoms with Crippen molar-refractivity contribution in [2.45, 2.75) is 6.42 Å². The summed E-state index contributed by atoms with van der Waals surface area (Å²) in [5.74, 6) is -0.0496. The zero-order chi connectivity index (χ0) is 16.1. The quantitative estimate of drug-likeness (QED) is 0.934. The maximum Gasteiger partial charge on any atom is 0.228 e. The third-order valence-corrected chi connectivity index (χ3v) is 4.09. The summed E-state index contributed by atoms with van der Waals surface area (Å²) in [7, 11) is 0. The largest absolute Gasteiger partial charge is 0.378 e. The van der Waals surface area contributed by atoms with Gasteiger partial charge >= 0.3 is 0 Å². The van der Waals surface area contributed by atoms with Gasteiger partial charge in [-0.1, -0.05) is 41.9 Å². The molecule has 1 N–H and O–H groups in total. The number of morpholine rings is 1. The second-order valence-corrected chi connectivity index (χ2v) is 5.88. The van der Waals surface area contributed by atoms with Crippen molar-refractivity contribution in [1.29, 1.82) is 0 Å². The Bertz CT molecular complexity index is 670. The van der Waals surface area contributed by atoms with Crippen LogP contribution in [0.2, 0.25) is 5.02 Å². The molecule has 0 atom stereocenters. The van der Waals surface area contributed by atoms with E-state index in [1.165, 1.54) is 0 Å². The molecular formula is C18H19ClN2O2. The summed E-state index contributed by atoms with van der Waals surface area (Å²) in [5.41, 5.74) is 2.69. The van der Waals surface area contributed by atoms with Crippen molar-refractivity contribution in [3.05, 3.63) is 59.1 Å². The van der Waals surface area contributed by atoms with Gasteiger partial charge in [0.25, 0.3) is 0 Å². The first kappa shape index (κ1) is 15.8. The molecule has 1 amide bonds. The number of rotatable bonds is 4. The second kappa shape index (κ2) is 7.49. The van der Waals surface area contributed by atoms with Crippen LogP contribution < -0.4 is 10.2 Å². The predicted molar refractivity (Wildman–Crippen MR) is 93.3 cm³/mol. The third kappa shape index (κ3) is 4.24. The van der Waals surface area contributed by atoms with Crippen LogP contribution in [0.4, 0.5) is 11.4 Å². The van der Waals surface area contributed by atoms with E-state index < -0.39 is 0 Å². The molecular weight excluding hydrogens is 312 g/mol. The maximum absolute atomic E-state index is 12.1. The molecule has 1 saturated heterocycles. The van der Waals surface area contributed by atoms with E-state index in [1.807, 2.05) is 42.5 Å². The first-order valence-electron chi connectivity index (χ1n) is 7.68. The van der Waals surface area contributed by atoms with Gasteiger partial charge in [0.15, 0.2) is 0 Å². The molecule has 3 rings (SSSR count).